The van der Waals surface area contributed by atoms with Crippen LogP contribution in [0.5, 0.6) is 0 Å². The van der Waals surface area contributed by atoms with Crippen LogP contribution in [0.25, 0.3) is 0 Å². The minimum absolute atomic E-state index is 0.0279. The summed E-state index contributed by atoms with van der Waals surface area (Å²) in [6.45, 7) is 0.740. The first-order chi connectivity index (χ1) is 9.56. The molecule has 3 nitrogen and oxygen atoms in total. The Hall–Kier alpha value is -1.07. The van der Waals surface area contributed by atoms with Crippen molar-refractivity contribution in [1.82, 2.24) is 5.32 Å². The fourth-order valence-corrected chi connectivity index (χ4v) is 3.65. The standard InChI is InChI=1S/C15H20N2OS2/c1-20-15(8-2-3-9-15)10-17-14(18)12-6-4-11(5-7-12)13(16)19/h4-7H,2-3,8-10H2,1H3,(H2,16,19)(H,17,18). The molecule has 0 spiro atoms. The molecule has 1 saturated carbocycles. The van der Waals surface area contributed by atoms with Gasteiger partial charge < -0.3 is 11.1 Å². The fraction of sp³-hybridized carbons (Fsp3) is 0.467. The smallest absolute Gasteiger partial charge is 0.251 e. The Labute approximate surface area is 129 Å². The summed E-state index contributed by atoms with van der Waals surface area (Å²) in [6, 6.07) is 7.11. The number of nitrogens with two attached hydrogens (primary N) is 1. The first-order valence-electron chi connectivity index (χ1n) is 6.79. The minimum Gasteiger partial charge on any atom is -0.389 e. The van der Waals surface area contributed by atoms with Gasteiger partial charge in [-0.05, 0) is 31.2 Å². The first kappa shape index (κ1) is 15.3. The molecule has 1 aliphatic rings. The number of carbonyl (C=O) groups is 1. The van der Waals surface area contributed by atoms with Crippen molar-refractivity contribution in [3.8, 4) is 0 Å². The number of carbonyl (C=O) groups excluding carboxylic acids is 1. The number of amides is 1. The van der Waals surface area contributed by atoms with Crippen molar-refractivity contribution in [2.24, 2.45) is 5.73 Å². The Kier molecular flexibility index (Phi) is 5.05. The lowest BCUT2D eigenvalue weighted by Crippen LogP contribution is -2.38. The zero-order chi connectivity index (χ0) is 14.6. The normalized spacial score (nSPS) is 16.9. The molecule has 0 aliphatic heterocycles. The van der Waals surface area contributed by atoms with E-state index in [1.165, 1.54) is 25.7 Å². The van der Waals surface area contributed by atoms with Crippen molar-refractivity contribution in [1.29, 1.82) is 0 Å². The van der Waals surface area contributed by atoms with E-state index in [1.54, 1.807) is 24.3 Å². The molecule has 3 N–H and O–H groups in total. The van der Waals surface area contributed by atoms with Gasteiger partial charge in [0, 0.05) is 22.4 Å². The van der Waals surface area contributed by atoms with Gasteiger partial charge in [-0.3, -0.25) is 4.79 Å². The zero-order valence-electron chi connectivity index (χ0n) is 11.6. The van der Waals surface area contributed by atoms with Crippen molar-refractivity contribution in [2.45, 2.75) is 30.4 Å². The van der Waals surface area contributed by atoms with Crippen LogP contribution in [0.4, 0.5) is 0 Å². The van der Waals surface area contributed by atoms with Gasteiger partial charge in [-0.25, -0.2) is 0 Å². The van der Waals surface area contributed by atoms with Crippen LogP contribution in [-0.4, -0.2) is 28.4 Å². The van der Waals surface area contributed by atoms with Crippen molar-refractivity contribution in [3.63, 3.8) is 0 Å². The molecule has 1 aliphatic carbocycles. The van der Waals surface area contributed by atoms with Crippen molar-refractivity contribution in [2.75, 3.05) is 12.8 Å². The number of benzene rings is 1. The van der Waals surface area contributed by atoms with Gasteiger partial charge in [-0.15, -0.1) is 0 Å². The second-order valence-electron chi connectivity index (χ2n) is 5.22. The van der Waals surface area contributed by atoms with Crippen LogP contribution >= 0.6 is 24.0 Å². The van der Waals surface area contributed by atoms with E-state index in [4.69, 9.17) is 18.0 Å². The molecule has 0 atom stereocenters. The summed E-state index contributed by atoms with van der Waals surface area (Å²) in [6.07, 6.45) is 7.04. The second kappa shape index (κ2) is 6.59. The van der Waals surface area contributed by atoms with Crippen molar-refractivity contribution < 1.29 is 4.79 Å². The molecule has 0 bridgehead atoms. The SMILES string of the molecule is CSC1(CNC(=O)c2ccc(C(N)=S)cc2)CCCC1. The lowest BCUT2D eigenvalue weighted by Gasteiger charge is -2.26. The van der Waals surface area contributed by atoms with E-state index >= 15 is 0 Å². The van der Waals surface area contributed by atoms with Crippen LogP contribution in [0.15, 0.2) is 24.3 Å². The number of nitrogens with one attached hydrogen (secondary N) is 1. The van der Waals surface area contributed by atoms with Gasteiger partial charge in [-0.1, -0.05) is 37.2 Å². The summed E-state index contributed by atoms with van der Waals surface area (Å²) < 4.78 is 0.231. The van der Waals surface area contributed by atoms with Crippen LogP contribution in [-0.2, 0) is 0 Å². The van der Waals surface area contributed by atoms with Crippen LogP contribution in [0, 0.1) is 0 Å². The lowest BCUT2D eigenvalue weighted by atomic mass is 10.1. The van der Waals surface area contributed by atoms with E-state index in [0.29, 0.717) is 10.6 Å². The summed E-state index contributed by atoms with van der Waals surface area (Å²) in [5, 5.41) is 3.06. The topological polar surface area (TPSA) is 55.1 Å². The Morgan fingerprint density at radius 1 is 1.30 bits per heavy atom. The maximum atomic E-state index is 12.2. The van der Waals surface area contributed by atoms with E-state index in [9.17, 15) is 4.79 Å². The predicted molar refractivity (Wildman–Crippen MR) is 89.4 cm³/mol. The summed E-state index contributed by atoms with van der Waals surface area (Å²) in [5.41, 5.74) is 6.98. The monoisotopic (exact) mass is 308 g/mol. The van der Waals surface area contributed by atoms with Gasteiger partial charge in [0.2, 0.25) is 0 Å². The maximum absolute atomic E-state index is 12.2. The van der Waals surface area contributed by atoms with Gasteiger partial charge >= 0.3 is 0 Å². The molecule has 0 radical (unpaired) electrons. The largest absolute Gasteiger partial charge is 0.389 e. The molecule has 108 valence electrons. The Morgan fingerprint density at radius 3 is 2.35 bits per heavy atom. The fourth-order valence-electron chi connectivity index (χ4n) is 2.60. The van der Waals surface area contributed by atoms with E-state index < -0.39 is 0 Å². The van der Waals surface area contributed by atoms with Crippen molar-refractivity contribution >= 4 is 34.9 Å². The molecule has 5 heteroatoms. The van der Waals surface area contributed by atoms with Gasteiger partial charge in [0.25, 0.3) is 5.91 Å². The van der Waals surface area contributed by atoms with E-state index in [0.717, 1.165) is 12.1 Å². The summed E-state index contributed by atoms with van der Waals surface area (Å²) in [5.74, 6) is -0.0279. The minimum atomic E-state index is -0.0279. The third kappa shape index (κ3) is 3.52. The number of thioether (sulfide) groups is 1. The Bertz CT molecular complexity index is 493. The quantitative estimate of drug-likeness (QED) is 0.821. The number of thiocarbonyl (C=S) groups is 1. The van der Waals surface area contributed by atoms with Crippen molar-refractivity contribution in [3.05, 3.63) is 35.4 Å². The highest BCUT2D eigenvalue weighted by molar-refractivity contribution is 8.00. The van der Waals surface area contributed by atoms with Crippen LogP contribution in [0.2, 0.25) is 0 Å². The van der Waals surface area contributed by atoms with Gasteiger partial charge in [-0.2, -0.15) is 11.8 Å². The first-order valence-corrected chi connectivity index (χ1v) is 8.43. The van der Waals surface area contributed by atoms with Crippen LogP contribution in [0.1, 0.15) is 41.6 Å². The average molecular weight is 308 g/mol. The molecule has 1 aromatic carbocycles. The molecule has 1 aromatic rings. The van der Waals surface area contributed by atoms with Crippen LogP contribution < -0.4 is 11.1 Å². The van der Waals surface area contributed by atoms with Gasteiger partial charge in [0.1, 0.15) is 4.99 Å². The Balaban J connectivity index is 1.96. The van der Waals surface area contributed by atoms with E-state index in [1.807, 2.05) is 11.8 Å². The summed E-state index contributed by atoms with van der Waals surface area (Å²) >= 11 is 6.77. The molecule has 1 fully saturated rings. The van der Waals surface area contributed by atoms with Gasteiger partial charge in [0.05, 0.1) is 0 Å². The summed E-state index contributed by atoms with van der Waals surface area (Å²) in [7, 11) is 0. The number of hydrogen-bond acceptors (Lipinski definition) is 3. The molecule has 0 saturated heterocycles. The Morgan fingerprint density at radius 2 is 1.85 bits per heavy atom. The maximum Gasteiger partial charge on any atom is 0.251 e. The molecule has 0 aromatic heterocycles. The number of rotatable bonds is 5. The molecular weight excluding hydrogens is 288 g/mol. The average Bonchev–Trinajstić information content (AvgIpc) is 2.94. The molecule has 1 amide bonds. The highest BCUT2D eigenvalue weighted by Gasteiger charge is 2.33. The molecular formula is C15H20N2OS2. The highest BCUT2D eigenvalue weighted by Crippen LogP contribution is 2.39. The summed E-state index contributed by atoms with van der Waals surface area (Å²) in [4.78, 5) is 12.5. The molecule has 0 unspecified atom stereocenters. The molecule has 0 heterocycles. The number of hydrogen-bond donors (Lipinski definition) is 2. The van der Waals surface area contributed by atoms with Crippen LogP contribution in [0.3, 0.4) is 0 Å². The highest BCUT2D eigenvalue weighted by atomic mass is 32.2. The van der Waals surface area contributed by atoms with E-state index in [2.05, 4.69) is 11.6 Å². The third-order valence-corrected chi connectivity index (χ3v) is 5.60. The second-order valence-corrected chi connectivity index (χ2v) is 6.93. The predicted octanol–water partition coefficient (Wildman–Crippen LogP) is 2.73. The third-order valence-electron chi connectivity index (χ3n) is 3.95. The molecule has 2 rings (SSSR count). The lowest BCUT2D eigenvalue weighted by molar-refractivity contribution is 0.0949. The van der Waals surface area contributed by atoms with Gasteiger partial charge in [0.15, 0.2) is 0 Å². The van der Waals surface area contributed by atoms with E-state index in [-0.39, 0.29) is 10.7 Å². The zero-order valence-corrected chi connectivity index (χ0v) is 13.3. The molecule has 20 heavy (non-hydrogen) atoms.